The van der Waals surface area contributed by atoms with Crippen LogP contribution in [0.15, 0.2) is 12.4 Å². The topological polar surface area (TPSA) is 93.4 Å². The Balaban J connectivity index is 2.16. The molecule has 7 heteroatoms. The Morgan fingerprint density at radius 3 is 3.21 bits per heavy atom. The first kappa shape index (κ1) is 13.5. The molecule has 1 aliphatic rings. The highest BCUT2D eigenvalue weighted by atomic mass is 16.5. The molecule has 1 aromatic heterocycles. The molecule has 0 saturated carbocycles. The van der Waals surface area contributed by atoms with Gasteiger partial charge in [0, 0.05) is 19.6 Å². The Labute approximate surface area is 112 Å². The maximum atomic E-state index is 11.5. The molecule has 0 radical (unpaired) electrons. The molecular formula is C12H19N5O2. The summed E-state index contributed by atoms with van der Waals surface area (Å²) in [4.78, 5) is 21.8. The summed E-state index contributed by atoms with van der Waals surface area (Å²) in [6.45, 7) is 4.59. The van der Waals surface area contributed by atoms with Crippen molar-refractivity contribution >= 4 is 11.7 Å². The van der Waals surface area contributed by atoms with E-state index in [1.54, 1.807) is 12.4 Å². The first-order chi connectivity index (χ1) is 9.22. The third-order valence-corrected chi connectivity index (χ3v) is 2.92. The third-order valence-electron chi connectivity index (χ3n) is 2.92. The molecule has 104 valence electrons. The summed E-state index contributed by atoms with van der Waals surface area (Å²) < 4.78 is 5.45. The number of amides is 1. The first-order valence-electron chi connectivity index (χ1n) is 6.44. The van der Waals surface area contributed by atoms with E-state index in [0.717, 1.165) is 13.0 Å². The van der Waals surface area contributed by atoms with Crippen molar-refractivity contribution in [3.8, 4) is 5.88 Å². The number of ether oxygens (including phenoxy) is 1. The predicted octanol–water partition coefficient (Wildman–Crippen LogP) is -0.471. The molecule has 1 fully saturated rings. The minimum Gasteiger partial charge on any atom is -0.477 e. The van der Waals surface area contributed by atoms with Crippen molar-refractivity contribution in [1.82, 2.24) is 15.3 Å². The average Bonchev–Trinajstić information content (AvgIpc) is 2.45. The fourth-order valence-electron chi connectivity index (χ4n) is 1.99. The maximum Gasteiger partial charge on any atom is 0.241 e. The van der Waals surface area contributed by atoms with Crippen molar-refractivity contribution < 1.29 is 9.53 Å². The summed E-state index contributed by atoms with van der Waals surface area (Å²) in [7, 11) is 0. The lowest BCUT2D eigenvalue weighted by molar-refractivity contribution is -0.119. The molecule has 0 aliphatic carbocycles. The van der Waals surface area contributed by atoms with Crippen molar-refractivity contribution in [3.63, 3.8) is 0 Å². The molecule has 0 bridgehead atoms. The fourth-order valence-corrected chi connectivity index (χ4v) is 1.99. The van der Waals surface area contributed by atoms with Crippen LogP contribution in [0.1, 0.15) is 13.3 Å². The van der Waals surface area contributed by atoms with E-state index in [0.29, 0.717) is 31.4 Å². The number of anilines is 1. The van der Waals surface area contributed by atoms with Crippen LogP contribution < -0.4 is 20.7 Å². The van der Waals surface area contributed by atoms with Gasteiger partial charge < -0.3 is 20.7 Å². The van der Waals surface area contributed by atoms with E-state index in [9.17, 15) is 4.79 Å². The highest BCUT2D eigenvalue weighted by Crippen LogP contribution is 2.17. The number of carbonyl (C=O) groups is 1. The lowest BCUT2D eigenvalue weighted by Crippen LogP contribution is -2.57. The van der Waals surface area contributed by atoms with Gasteiger partial charge >= 0.3 is 0 Å². The lowest BCUT2D eigenvalue weighted by atomic mass is 10.2. The van der Waals surface area contributed by atoms with Crippen LogP contribution in [-0.2, 0) is 4.79 Å². The Bertz CT molecular complexity index is 440. The highest BCUT2D eigenvalue weighted by Gasteiger charge is 2.28. The molecule has 3 N–H and O–H groups in total. The lowest BCUT2D eigenvalue weighted by Gasteiger charge is -2.34. The molecule has 1 saturated heterocycles. The zero-order chi connectivity index (χ0) is 13.7. The van der Waals surface area contributed by atoms with Crippen molar-refractivity contribution in [1.29, 1.82) is 0 Å². The average molecular weight is 265 g/mol. The molecule has 7 nitrogen and oxygen atoms in total. The highest BCUT2D eigenvalue weighted by molar-refractivity contribution is 5.83. The Morgan fingerprint density at radius 1 is 1.63 bits per heavy atom. The molecule has 0 aromatic carbocycles. The van der Waals surface area contributed by atoms with Crippen LogP contribution in [0.4, 0.5) is 5.82 Å². The minimum atomic E-state index is -0.399. The summed E-state index contributed by atoms with van der Waals surface area (Å²) in [6.07, 6.45) is 4.10. The Morgan fingerprint density at radius 2 is 2.47 bits per heavy atom. The number of hydrogen-bond donors (Lipinski definition) is 2. The van der Waals surface area contributed by atoms with E-state index in [1.807, 2.05) is 11.8 Å². The molecular weight excluding hydrogens is 246 g/mol. The van der Waals surface area contributed by atoms with Gasteiger partial charge in [0.25, 0.3) is 0 Å². The fraction of sp³-hybridized carbons (Fsp3) is 0.583. The van der Waals surface area contributed by atoms with Crippen LogP contribution in [0, 0.1) is 0 Å². The molecule has 0 spiro atoms. The van der Waals surface area contributed by atoms with Crippen LogP contribution in [0.25, 0.3) is 0 Å². The molecule has 19 heavy (non-hydrogen) atoms. The van der Waals surface area contributed by atoms with Crippen molar-refractivity contribution in [2.24, 2.45) is 5.73 Å². The quantitative estimate of drug-likeness (QED) is 0.747. The van der Waals surface area contributed by atoms with Gasteiger partial charge in [-0.3, -0.25) is 9.78 Å². The second kappa shape index (κ2) is 6.33. The van der Waals surface area contributed by atoms with Gasteiger partial charge in [-0.05, 0) is 6.42 Å². The minimum absolute atomic E-state index is 0.367. The Hall–Kier alpha value is -1.89. The number of carbonyl (C=O) groups excluding carboxylic acids is 1. The van der Waals surface area contributed by atoms with Crippen LogP contribution in [-0.4, -0.2) is 48.2 Å². The number of nitrogens with two attached hydrogens (primary N) is 1. The third kappa shape index (κ3) is 3.31. The van der Waals surface area contributed by atoms with E-state index >= 15 is 0 Å². The monoisotopic (exact) mass is 265 g/mol. The summed E-state index contributed by atoms with van der Waals surface area (Å²) in [5, 5.41) is 3.14. The largest absolute Gasteiger partial charge is 0.477 e. The normalized spacial score (nSPS) is 19.2. The van der Waals surface area contributed by atoms with Crippen molar-refractivity contribution in [2.75, 3.05) is 31.1 Å². The van der Waals surface area contributed by atoms with Gasteiger partial charge in [0.1, 0.15) is 6.04 Å². The zero-order valence-corrected chi connectivity index (χ0v) is 11.0. The Kier molecular flexibility index (Phi) is 4.51. The van der Waals surface area contributed by atoms with E-state index in [-0.39, 0.29) is 5.91 Å². The molecule has 1 unspecified atom stereocenters. The summed E-state index contributed by atoms with van der Waals surface area (Å²) in [5.74, 6) is 0.730. The second-order valence-corrected chi connectivity index (χ2v) is 4.38. The summed E-state index contributed by atoms with van der Waals surface area (Å²) in [6, 6.07) is -0.399. The van der Waals surface area contributed by atoms with E-state index in [2.05, 4.69) is 15.3 Å². The van der Waals surface area contributed by atoms with E-state index in [4.69, 9.17) is 10.5 Å². The number of aromatic nitrogens is 2. The van der Waals surface area contributed by atoms with Gasteiger partial charge in [0.2, 0.25) is 11.8 Å². The molecule has 2 rings (SSSR count). The number of rotatable bonds is 5. The van der Waals surface area contributed by atoms with E-state index in [1.165, 1.54) is 0 Å². The van der Waals surface area contributed by atoms with Crippen LogP contribution >= 0.6 is 0 Å². The van der Waals surface area contributed by atoms with Crippen molar-refractivity contribution in [2.45, 2.75) is 19.4 Å². The molecule has 1 aromatic rings. The zero-order valence-electron chi connectivity index (χ0n) is 11.0. The number of piperazine rings is 1. The van der Waals surface area contributed by atoms with Crippen LogP contribution in [0.5, 0.6) is 5.88 Å². The van der Waals surface area contributed by atoms with Gasteiger partial charge in [0.05, 0.1) is 19.0 Å². The second-order valence-electron chi connectivity index (χ2n) is 4.38. The summed E-state index contributed by atoms with van der Waals surface area (Å²) in [5.41, 5.74) is 5.41. The first-order valence-corrected chi connectivity index (χ1v) is 6.44. The van der Waals surface area contributed by atoms with Crippen LogP contribution in [0.3, 0.4) is 0 Å². The van der Waals surface area contributed by atoms with E-state index < -0.39 is 6.04 Å². The van der Waals surface area contributed by atoms with Crippen molar-refractivity contribution in [3.05, 3.63) is 12.4 Å². The van der Waals surface area contributed by atoms with Gasteiger partial charge in [-0.25, -0.2) is 0 Å². The molecule has 1 amide bonds. The number of nitrogens with one attached hydrogen (secondary N) is 1. The van der Waals surface area contributed by atoms with Gasteiger partial charge in [-0.2, -0.15) is 4.98 Å². The number of nitrogens with zero attached hydrogens (tertiary/aromatic N) is 3. The number of hydrogen-bond acceptors (Lipinski definition) is 6. The molecule has 1 aliphatic heterocycles. The smallest absolute Gasteiger partial charge is 0.241 e. The van der Waals surface area contributed by atoms with Gasteiger partial charge in [-0.1, -0.05) is 6.92 Å². The van der Waals surface area contributed by atoms with Gasteiger partial charge in [-0.15, -0.1) is 0 Å². The van der Waals surface area contributed by atoms with Crippen LogP contribution in [0.2, 0.25) is 0 Å². The summed E-state index contributed by atoms with van der Waals surface area (Å²) >= 11 is 0. The SMILES string of the molecule is CCCOc1cncc(N2CCNCC2C(N)=O)n1. The predicted molar refractivity (Wildman–Crippen MR) is 71.0 cm³/mol. The maximum absolute atomic E-state index is 11.5. The molecule has 1 atom stereocenters. The van der Waals surface area contributed by atoms with Gasteiger partial charge in [0.15, 0.2) is 5.82 Å². The number of primary amides is 1. The molecule has 2 heterocycles. The standard InChI is InChI=1S/C12H19N5O2/c1-2-5-19-11-8-15-7-10(16-11)17-4-3-14-6-9(17)12(13)18/h7-9,14H,2-6H2,1H3,(H2,13,18).